The molecule has 0 radical (unpaired) electrons. The second-order valence-corrected chi connectivity index (χ2v) is 4.58. The van der Waals surface area contributed by atoms with Gasteiger partial charge in [0.1, 0.15) is 6.61 Å². The van der Waals surface area contributed by atoms with E-state index in [0.717, 1.165) is 13.1 Å². The molecule has 0 aromatic heterocycles. The zero-order chi connectivity index (χ0) is 12.5. The number of nitrogens with zero attached hydrogens (tertiary/aromatic N) is 1. The third-order valence-electron chi connectivity index (χ3n) is 3.38. The highest BCUT2D eigenvalue weighted by atomic mass is 16.5. The molecule has 0 aromatic rings. The molecule has 1 heterocycles. The molecule has 1 fully saturated rings. The average molecular weight is 242 g/mol. The van der Waals surface area contributed by atoms with Crippen molar-refractivity contribution in [2.24, 2.45) is 0 Å². The summed E-state index contributed by atoms with van der Waals surface area (Å²) in [4.78, 5) is 13.8. The number of likely N-dealkylation sites (tertiary alicyclic amines) is 1. The molecule has 17 heavy (non-hydrogen) atoms. The minimum absolute atomic E-state index is 0.00286. The molecule has 0 bridgehead atoms. The summed E-state index contributed by atoms with van der Waals surface area (Å²) in [6, 6.07) is 0.715. The monoisotopic (exact) mass is 242 g/mol. The molecule has 4 nitrogen and oxygen atoms in total. The van der Waals surface area contributed by atoms with E-state index >= 15 is 0 Å². The normalized spacial score (nSPS) is 21.4. The number of hydrogen-bond donors (Lipinski definition) is 1. The molecule has 4 heteroatoms. The zero-order valence-corrected chi connectivity index (χ0v) is 11.2. The number of piperidine rings is 1. The van der Waals surface area contributed by atoms with E-state index in [1.165, 1.54) is 32.2 Å². The van der Waals surface area contributed by atoms with Crippen molar-refractivity contribution in [2.45, 2.75) is 45.6 Å². The maximum Gasteiger partial charge on any atom is 0.246 e. The number of rotatable bonds is 7. The molecule has 1 unspecified atom stereocenters. The van der Waals surface area contributed by atoms with Gasteiger partial charge in [0, 0.05) is 25.7 Å². The summed E-state index contributed by atoms with van der Waals surface area (Å²) >= 11 is 0. The van der Waals surface area contributed by atoms with Gasteiger partial charge in [0.15, 0.2) is 0 Å². The van der Waals surface area contributed by atoms with Crippen LogP contribution < -0.4 is 5.32 Å². The lowest BCUT2D eigenvalue weighted by molar-refractivity contribution is -0.125. The smallest absolute Gasteiger partial charge is 0.246 e. The van der Waals surface area contributed by atoms with Crippen LogP contribution in [-0.2, 0) is 9.53 Å². The number of ether oxygens (including phenoxy) is 1. The molecule has 1 amide bonds. The van der Waals surface area contributed by atoms with Gasteiger partial charge in [0.05, 0.1) is 0 Å². The van der Waals surface area contributed by atoms with Gasteiger partial charge in [-0.2, -0.15) is 0 Å². The fourth-order valence-corrected chi connectivity index (χ4v) is 2.40. The lowest BCUT2D eigenvalue weighted by Crippen LogP contribution is -2.44. The molecule has 0 saturated carbocycles. The average Bonchev–Trinajstić information content (AvgIpc) is 2.37. The van der Waals surface area contributed by atoms with Gasteiger partial charge in [-0.3, -0.25) is 9.69 Å². The van der Waals surface area contributed by atoms with Crippen molar-refractivity contribution in [2.75, 3.05) is 32.8 Å². The van der Waals surface area contributed by atoms with Crippen LogP contribution in [0.25, 0.3) is 0 Å². The summed E-state index contributed by atoms with van der Waals surface area (Å²) in [7, 11) is 0. The quantitative estimate of drug-likeness (QED) is 0.734. The van der Waals surface area contributed by atoms with Crippen molar-refractivity contribution in [3.05, 3.63) is 0 Å². The predicted octanol–water partition coefficient (Wildman–Crippen LogP) is 1.40. The van der Waals surface area contributed by atoms with Crippen LogP contribution in [-0.4, -0.2) is 49.7 Å². The summed E-state index contributed by atoms with van der Waals surface area (Å²) in [6.07, 6.45) is 5.17. The Morgan fingerprint density at radius 3 is 2.94 bits per heavy atom. The molecular formula is C13H26N2O2. The van der Waals surface area contributed by atoms with Crippen LogP contribution in [0.3, 0.4) is 0 Å². The minimum Gasteiger partial charge on any atom is -0.372 e. The van der Waals surface area contributed by atoms with Crippen LogP contribution in [0.2, 0.25) is 0 Å². The summed E-state index contributed by atoms with van der Waals surface area (Å²) in [5.74, 6) is -0.00286. The Bertz CT molecular complexity index is 221. The summed E-state index contributed by atoms with van der Waals surface area (Å²) in [6.45, 7) is 7.81. The van der Waals surface area contributed by atoms with Gasteiger partial charge in [-0.05, 0) is 32.7 Å². The number of hydrogen-bond acceptors (Lipinski definition) is 3. The van der Waals surface area contributed by atoms with E-state index in [2.05, 4.69) is 17.1 Å². The lowest BCUT2D eigenvalue weighted by atomic mass is 10.0. The van der Waals surface area contributed by atoms with Gasteiger partial charge >= 0.3 is 0 Å². The molecule has 0 aliphatic carbocycles. The first kappa shape index (κ1) is 14.5. The van der Waals surface area contributed by atoms with E-state index in [1.54, 1.807) is 0 Å². The van der Waals surface area contributed by atoms with Crippen LogP contribution >= 0.6 is 0 Å². The Labute approximate surface area is 105 Å². The molecule has 1 N–H and O–H groups in total. The van der Waals surface area contributed by atoms with Crippen LogP contribution in [0.15, 0.2) is 0 Å². The second kappa shape index (κ2) is 8.48. The number of carbonyl (C=O) groups is 1. The number of nitrogens with one attached hydrogen (secondary N) is 1. The molecule has 1 aliphatic heterocycles. The van der Waals surface area contributed by atoms with Crippen molar-refractivity contribution in [3.63, 3.8) is 0 Å². The van der Waals surface area contributed by atoms with E-state index in [-0.39, 0.29) is 12.5 Å². The fraction of sp³-hybridized carbons (Fsp3) is 0.923. The molecule has 100 valence electrons. The maximum absolute atomic E-state index is 11.3. The molecule has 1 atom stereocenters. The number of carbonyl (C=O) groups excluding carboxylic acids is 1. The van der Waals surface area contributed by atoms with E-state index in [0.29, 0.717) is 12.6 Å². The zero-order valence-electron chi connectivity index (χ0n) is 11.2. The predicted molar refractivity (Wildman–Crippen MR) is 69.0 cm³/mol. The van der Waals surface area contributed by atoms with E-state index in [4.69, 9.17) is 4.74 Å². The second-order valence-electron chi connectivity index (χ2n) is 4.58. The SMILES string of the molecule is CCOCC(=O)NCCN1CCCCC1CC. The summed E-state index contributed by atoms with van der Waals surface area (Å²) < 4.78 is 5.05. The van der Waals surface area contributed by atoms with Crippen molar-refractivity contribution in [1.82, 2.24) is 10.2 Å². The topological polar surface area (TPSA) is 41.6 Å². The van der Waals surface area contributed by atoms with Gasteiger partial charge in [-0.15, -0.1) is 0 Å². The molecule has 0 aromatic carbocycles. The minimum atomic E-state index is -0.00286. The molecule has 1 saturated heterocycles. The third-order valence-corrected chi connectivity index (χ3v) is 3.38. The number of amides is 1. The molecule has 1 rings (SSSR count). The highest BCUT2D eigenvalue weighted by Crippen LogP contribution is 2.18. The Kier molecular flexibility index (Phi) is 7.21. The van der Waals surface area contributed by atoms with Crippen molar-refractivity contribution in [3.8, 4) is 0 Å². The standard InChI is InChI=1S/C13H26N2O2/c1-3-12-7-5-6-9-15(12)10-8-14-13(16)11-17-4-2/h12H,3-11H2,1-2H3,(H,14,16). The van der Waals surface area contributed by atoms with Gasteiger partial charge in [0.2, 0.25) is 5.91 Å². The van der Waals surface area contributed by atoms with Crippen LogP contribution in [0.1, 0.15) is 39.5 Å². The van der Waals surface area contributed by atoms with E-state index < -0.39 is 0 Å². The van der Waals surface area contributed by atoms with Crippen LogP contribution in [0.5, 0.6) is 0 Å². The highest BCUT2D eigenvalue weighted by Gasteiger charge is 2.19. The van der Waals surface area contributed by atoms with Crippen LogP contribution in [0, 0.1) is 0 Å². The van der Waals surface area contributed by atoms with Crippen molar-refractivity contribution < 1.29 is 9.53 Å². The Hall–Kier alpha value is -0.610. The first-order valence-electron chi connectivity index (χ1n) is 6.86. The Balaban J connectivity index is 2.14. The van der Waals surface area contributed by atoms with Gasteiger partial charge < -0.3 is 10.1 Å². The molecule has 1 aliphatic rings. The van der Waals surface area contributed by atoms with Crippen LogP contribution in [0.4, 0.5) is 0 Å². The van der Waals surface area contributed by atoms with Gasteiger partial charge in [0.25, 0.3) is 0 Å². The molecular weight excluding hydrogens is 216 g/mol. The maximum atomic E-state index is 11.3. The lowest BCUT2D eigenvalue weighted by Gasteiger charge is -2.35. The van der Waals surface area contributed by atoms with Crippen molar-refractivity contribution in [1.29, 1.82) is 0 Å². The summed E-state index contributed by atoms with van der Waals surface area (Å²) in [5, 5.41) is 2.90. The summed E-state index contributed by atoms with van der Waals surface area (Å²) in [5.41, 5.74) is 0. The Morgan fingerprint density at radius 2 is 2.24 bits per heavy atom. The Morgan fingerprint density at radius 1 is 1.41 bits per heavy atom. The van der Waals surface area contributed by atoms with Gasteiger partial charge in [-0.25, -0.2) is 0 Å². The molecule has 0 spiro atoms. The first-order valence-corrected chi connectivity index (χ1v) is 6.86. The van der Waals surface area contributed by atoms with E-state index in [9.17, 15) is 4.79 Å². The first-order chi connectivity index (χ1) is 8.27. The largest absolute Gasteiger partial charge is 0.372 e. The fourth-order valence-electron chi connectivity index (χ4n) is 2.40. The van der Waals surface area contributed by atoms with Crippen molar-refractivity contribution >= 4 is 5.91 Å². The highest BCUT2D eigenvalue weighted by molar-refractivity contribution is 5.77. The van der Waals surface area contributed by atoms with E-state index in [1.807, 2.05) is 6.92 Å². The third kappa shape index (κ3) is 5.50. The van der Waals surface area contributed by atoms with Gasteiger partial charge in [-0.1, -0.05) is 13.3 Å².